The van der Waals surface area contributed by atoms with Crippen molar-refractivity contribution in [3.8, 4) is 17.2 Å². The van der Waals surface area contributed by atoms with Gasteiger partial charge in [-0.15, -0.1) is 12.4 Å². The van der Waals surface area contributed by atoms with E-state index in [0.717, 1.165) is 70.5 Å². The third-order valence-corrected chi connectivity index (χ3v) is 15.1. The van der Waals surface area contributed by atoms with Crippen LogP contribution in [0.1, 0.15) is 143 Å². The van der Waals surface area contributed by atoms with Crippen LogP contribution in [0.4, 0.5) is 0 Å². The maximum Gasteiger partial charge on any atom is 0.194 e. The molecular weight excluding hydrogens is 978 g/mol. The average Bonchev–Trinajstić information content (AvgIpc) is 3.25. The van der Waals surface area contributed by atoms with E-state index in [9.17, 15) is 19.2 Å². The van der Waals surface area contributed by atoms with E-state index in [1.165, 1.54) is 58.2 Å². The molecule has 0 saturated heterocycles. The highest BCUT2D eigenvalue weighted by Gasteiger charge is 2.26. The number of halogens is 1. The Hall–Kier alpha value is -1.91. The Morgan fingerprint density at radius 2 is 0.716 bits per heavy atom. The minimum atomic E-state index is -0.380. The predicted molar refractivity (Wildman–Crippen MR) is 301 cm³/mol. The highest BCUT2D eigenvalue weighted by atomic mass is 35.5. The van der Waals surface area contributed by atoms with Gasteiger partial charge in [-0.1, -0.05) is 162 Å². The maximum atomic E-state index is 12.3. The molecule has 0 amide bonds. The van der Waals surface area contributed by atoms with Gasteiger partial charge in [-0.25, -0.2) is 0 Å². The number of benzene rings is 3. The lowest BCUT2D eigenvalue weighted by molar-refractivity contribution is -0.118. The Morgan fingerprint density at radius 3 is 0.985 bits per heavy atom. The molecule has 0 saturated carbocycles. The van der Waals surface area contributed by atoms with Gasteiger partial charge in [-0.2, -0.15) is 25.3 Å². The van der Waals surface area contributed by atoms with Crippen LogP contribution in [0.3, 0.4) is 0 Å². The summed E-state index contributed by atoms with van der Waals surface area (Å²) in [5, 5.41) is 0.649. The molecule has 0 radical (unpaired) electrons. The predicted octanol–water partition coefficient (Wildman–Crippen LogP) is 14.5. The zero-order valence-electron chi connectivity index (χ0n) is 42.6. The van der Waals surface area contributed by atoms with Crippen LogP contribution in [0.25, 0.3) is 0 Å². The maximum absolute atomic E-state index is 12.3. The van der Waals surface area contributed by atoms with Crippen LogP contribution in [0.5, 0.6) is 17.2 Å². The molecule has 0 fully saturated rings. The Balaban J connectivity index is 0.00000101. The molecule has 0 unspecified atom stereocenters. The fourth-order valence-electron chi connectivity index (χ4n) is 4.98. The summed E-state index contributed by atoms with van der Waals surface area (Å²) in [5.74, 6) is 6.35. The molecule has 0 aliphatic carbocycles. The van der Waals surface area contributed by atoms with Gasteiger partial charge in [-0.3, -0.25) is 19.2 Å². The van der Waals surface area contributed by atoms with Crippen LogP contribution >= 0.6 is 84.7 Å². The fourth-order valence-corrected chi connectivity index (χ4v) is 9.57. The van der Waals surface area contributed by atoms with Gasteiger partial charge in [0, 0.05) is 62.7 Å². The minimum absolute atomic E-state index is 0. The second kappa shape index (κ2) is 32.1. The molecule has 8 nitrogen and oxygen atoms in total. The van der Waals surface area contributed by atoms with Crippen LogP contribution in [-0.2, 0) is 53.7 Å². The monoisotopic (exact) mass is 1060 g/mol. The van der Waals surface area contributed by atoms with Gasteiger partial charge in [0.05, 0.1) is 13.2 Å². The number of thioether (sulfide) groups is 4. The molecule has 0 aromatic heterocycles. The zero-order chi connectivity index (χ0) is 50.3. The molecule has 3 aromatic rings. The lowest BCUT2D eigenvalue weighted by Crippen LogP contribution is -2.17. The average molecular weight is 1060 g/mol. The van der Waals surface area contributed by atoms with Crippen LogP contribution in [0.15, 0.2) is 54.6 Å². The normalized spacial score (nSPS) is 11.5. The first-order valence-corrected chi connectivity index (χ1v) is 27.8. The number of thiol groups is 2. The zero-order valence-corrected chi connectivity index (χ0v) is 48.4. The Labute approximate surface area is 438 Å². The quantitative estimate of drug-likeness (QED) is 0.0991. The highest BCUT2D eigenvalue weighted by molar-refractivity contribution is 8.14. The largest absolute Gasteiger partial charge is 0.494 e. The molecule has 67 heavy (non-hydrogen) atoms. The van der Waals surface area contributed by atoms with E-state index < -0.39 is 0 Å². The Kier molecular flexibility index (Phi) is 31.2. The van der Waals surface area contributed by atoms with Crippen molar-refractivity contribution in [1.29, 1.82) is 0 Å². The number of carbonyl (C=O) groups excluding carboxylic acids is 4. The van der Waals surface area contributed by atoms with Gasteiger partial charge in [-0.05, 0) is 82.6 Å². The number of ether oxygens (including phenoxy) is 3. The first-order chi connectivity index (χ1) is 30.7. The minimum Gasteiger partial charge on any atom is -0.494 e. The van der Waals surface area contributed by atoms with E-state index in [1.54, 1.807) is 0 Å². The molecule has 0 aliphatic rings. The van der Waals surface area contributed by atoms with Crippen LogP contribution in [0, 0.1) is 21.7 Å². The third kappa shape index (κ3) is 26.2. The van der Waals surface area contributed by atoms with Gasteiger partial charge in [0.15, 0.2) is 20.5 Å². The molecule has 2 N–H and O–H groups in total. The lowest BCUT2D eigenvalue weighted by Gasteiger charge is -2.18. The second-order valence-corrected chi connectivity index (χ2v) is 24.2. The van der Waals surface area contributed by atoms with E-state index in [1.807, 2.05) is 132 Å². The van der Waals surface area contributed by atoms with Crippen molar-refractivity contribution >= 4 is 105 Å². The van der Waals surface area contributed by atoms with E-state index in [-0.39, 0.29) is 54.5 Å². The van der Waals surface area contributed by atoms with Crippen LogP contribution < -0.4 is 19.9 Å². The van der Waals surface area contributed by atoms with Crippen molar-refractivity contribution in [3.05, 3.63) is 88.0 Å². The van der Waals surface area contributed by atoms with Gasteiger partial charge in [0.25, 0.3) is 0 Å². The lowest BCUT2D eigenvalue weighted by atomic mass is 9.99. The van der Waals surface area contributed by atoms with Crippen molar-refractivity contribution in [3.63, 3.8) is 0 Å². The number of hydrogen-bond acceptors (Lipinski definition) is 14. The number of hydrogen-bond donors (Lipinski definition) is 3. The van der Waals surface area contributed by atoms with Gasteiger partial charge >= 0.3 is 0 Å². The summed E-state index contributed by atoms with van der Waals surface area (Å²) < 4.78 is 16.9. The Bertz CT molecular complexity index is 1870. The summed E-state index contributed by atoms with van der Waals surface area (Å²) in [5.41, 5.74) is 10.7. The molecule has 378 valence electrons. The molecule has 0 aliphatic heterocycles. The summed E-state index contributed by atoms with van der Waals surface area (Å²) in [6, 6.07) is 17.9. The number of rotatable bonds is 19. The van der Waals surface area contributed by atoms with E-state index in [2.05, 4.69) is 45.2 Å². The van der Waals surface area contributed by atoms with Crippen molar-refractivity contribution < 1.29 is 33.4 Å². The summed E-state index contributed by atoms with van der Waals surface area (Å²) in [4.78, 5) is 49.0. The van der Waals surface area contributed by atoms with Gasteiger partial charge < -0.3 is 19.9 Å². The van der Waals surface area contributed by atoms with Crippen LogP contribution in [0.2, 0.25) is 0 Å². The summed E-state index contributed by atoms with van der Waals surface area (Å²) in [6.07, 6.45) is 1.98. The van der Waals surface area contributed by atoms with E-state index in [0.29, 0.717) is 42.8 Å². The van der Waals surface area contributed by atoms with E-state index >= 15 is 0 Å². The standard InChI is InChI=1S/C21H32O3S2.C20H31NO3S2.C11H16OS2.ClH/c1-8-11-24-17-10-9-15(13-25-18(22)20(2,3)4)16(12-17)14-26-19(23)21(5,6)7;1-19(2,3)17(22)25-12-14-7-8-16(24-10-9-21)11-15(14)13-26-18(23)20(4,5)6;1-2-5-12-11-4-3-9(7-13)10(6-11)8-14;/h9-10,12H,8,11,13-14H2,1-7H3;7-8,11H,9-10,12-13,21H2,1-6H3;3-4,6,13-14H,2,5,7-8H2,1H3;1H. The second-order valence-electron chi connectivity index (χ2n) is 19.7. The van der Waals surface area contributed by atoms with Crippen molar-refractivity contribution in [1.82, 2.24) is 0 Å². The fraction of sp³-hybridized carbons (Fsp3) is 0.577. The first-order valence-electron chi connectivity index (χ1n) is 22.6. The summed E-state index contributed by atoms with van der Waals surface area (Å²) in [7, 11) is 0. The third-order valence-electron chi connectivity index (χ3n) is 9.09. The van der Waals surface area contributed by atoms with Crippen molar-refractivity contribution in [2.24, 2.45) is 27.4 Å². The smallest absolute Gasteiger partial charge is 0.194 e. The van der Waals surface area contributed by atoms with Crippen LogP contribution in [-0.4, -0.2) is 46.8 Å². The van der Waals surface area contributed by atoms with Gasteiger partial charge in [0.2, 0.25) is 0 Å². The molecule has 0 spiro atoms. The molecule has 15 heteroatoms. The van der Waals surface area contributed by atoms with Gasteiger partial charge in [0.1, 0.15) is 23.9 Å². The molecular formula is C52H80ClNO7S6. The number of nitrogens with two attached hydrogens (primary N) is 1. The molecule has 0 heterocycles. The van der Waals surface area contributed by atoms with Crippen molar-refractivity contribution in [2.75, 3.05) is 26.4 Å². The molecule has 3 aromatic carbocycles. The molecule has 3 rings (SSSR count). The van der Waals surface area contributed by atoms with E-state index in [4.69, 9.17) is 19.9 Å². The number of carbonyl (C=O) groups is 4. The first kappa shape index (κ1) is 65.1. The SMILES string of the molecule is CC(C)(C)C(=O)SCc1ccc(OCCN)cc1CSC(=O)C(C)(C)C.CCCOc1ccc(CS)c(CS)c1.CCCOc1ccc(CSC(=O)C(C)(C)C)c(CSC(=O)C(C)(C)C)c1.Cl. The summed E-state index contributed by atoms with van der Waals surface area (Å²) in [6.45, 7) is 29.6. The van der Waals surface area contributed by atoms with Crippen molar-refractivity contribution in [2.45, 2.75) is 144 Å². The summed E-state index contributed by atoms with van der Waals surface area (Å²) >= 11 is 13.9. The topological polar surface area (TPSA) is 122 Å². The Morgan fingerprint density at radius 1 is 0.448 bits per heavy atom. The highest BCUT2D eigenvalue weighted by Crippen LogP contribution is 2.34. The molecule has 0 bridgehead atoms. The molecule has 0 atom stereocenters.